The fraction of sp³-hybridized carbons (Fsp3) is 0.167. The summed E-state index contributed by atoms with van der Waals surface area (Å²) in [5.74, 6) is 0.238. The number of nitrogen functional groups attached to an aromatic ring is 1. The van der Waals surface area contributed by atoms with Crippen LogP contribution in [0.2, 0.25) is 5.02 Å². The van der Waals surface area contributed by atoms with Gasteiger partial charge in [0.2, 0.25) is 5.95 Å². The SMILES string of the molecule is Cc1nc(N)nc(C)c1N=Nc1ccccc1Cl. The number of nitrogens with two attached hydrogens (primary N) is 1. The lowest BCUT2D eigenvalue weighted by molar-refractivity contribution is 1.04. The Labute approximate surface area is 110 Å². The minimum Gasteiger partial charge on any atom is -0.368 e. The second-order valence-corrected chi connectivity index (χ2v) is 4.16. The summed E-state index contributed by atoms with van der Waals surface area (Å²) < 4.78 is 0. The zero-order chi connectivity index (χ0) is 13.1. The first kappa shape index (κ1) is 12.4. The molecule has 5 nitrogen and oxygen atoms in total. The zero-order valence-electron chi connectivity index (χ0n) is 10.1. The smallest absolute Gasteiger partial charge is 0.220 e. The Morgan fingerprint density at radius 2 is 1.67 bits per heavy atom. The number of rotatable bonds is 2. The van der Waals surface area contributed by atoms with E-state index in [0.29, 0.717) is 27.8 Å². The van der Waals surface area contributed by atoms with E-state index in [4.69, 9.17) is 17.3 Å². The first-order chi connectivity index (χ1) is 8.58. The van der Waals surface area contributed by atoms with Crippen molar-refractivity contribution >= 4 is 28.9 Å². The molecule has 1 heterocycles. The van der Waals surface area contributed by atoms with Gasteiger partial charge in [0.25, 0.3) is 0 Å². The molecule has 6 heteroatoms. The molecule has 18 heavy (non-hydrogen) atoms. The summed E-state index contributed by atoms with van der Waals surface area (Å²) in [6.07, 6.45) is 0. The second-order valence-electron chi connectivity index (χ2n) is 3.75. The predicted molar refractivity (Wildman–Crippen MR) is 71.5 cm³/mol. The molecule has 1 aromatic heterocycles. The number of azo groups is 1. The Balaban J connectivity index is 2.38. The maximum Gasteiger partial charge on any atom is 0.220 e. The average Bonchev–Trinajstić information content (AvgIpc) is 2.30. The number of nitrogens with zero attached hydrogens (tertiary/aromatic N) is 4. The summed E-state index contributed by atoms with van der Waals surface area (Å²) in [5.41, 5.74) is 8.15. The lowest BCUT2D eigenvalue weighted by Crippen LogP contribution is -1.98. The molecule has 0 aliphatic rings. The molecule has 0 saturated heterocycles. The van der Waals surface area contributed by atoms with Crippen molar-refractivity contribution in [3.63, 3.8) is 0 Å². The Hall–Kier alpha value is -2.01. The Morgan fingerprint density at radius 3 is 2.28 bits per heavy atom. The van der Waals surface area contributed by atoms with Gasteiger partial charge in [-0.25, -0.2) is 9.97 Å². The minimum atomic E-state index is 0.238. The quantitative estimate of drug-likeness (QED) is 0.837. The summed E-state index contributed by atoms with van der Waals surface area (Å²) >= 11 is 5.99. The highest BCUT2D eigenvalue weighted by Gasteiger charge is 2.06. The van der Waals surface area contributed by atoms with Gasteiger partial charge in [-0.2, -0.15) is 0 Å². The summed E-state index contributed by atoms with van der Waals surface area (Å²) in [6, 6.07) is 7.23. The van der Waals surface area contributed by atoms with Crippen LogP contribution in [-0.4, -0.2) is 9.97 Å². The fourth-order valence-corrected chi connectivity index (χ4v) is 1.69. The van der Waals surface area contributed by atoms with Crippen molar-refractivity contribution in [3.8, 4) is 0 Å². The molecular formula is C12H12ClN5. The van der Waals surface area contributed by atoms with Gasteiger partial charge in [-0.1, -0.05) is 23.7 Å². The maximum atomic E-state index is 5.99. The number of halogens is 1. The van der Waals surface area contributed by atoms with Crippen molar-refractivity contribution in [2.24, 2.45) is 10.2 Å². The molecule has 0 radical (unpaired) electrons. The van der Waals surface area contributed by atoms with Crippen LogP contribution < -0.4 is 5.73 Å². The molecule has 0 unspecified atom stereocenters. The van der Waals surface area contributed by atoms with Gasteiger partial charge in [-0.05, 0) is 26.0 Å². The van der Waals surface area contributed by atoms with Crippen LogP contribution in [0.1, 0.15) is 11.4 Å². The lowest BCUT2D eigenvalue weighted by Gasteiger charge is -2.03. The third kappa shape index (κ3) is 2.62. The molecule has 92 valence electrons. The molecule has 0 aliphatic heterocycles. The van der Waals surface area contributed by atoms with Crippen LogP contribution in [-0.2, 0) is 0 Å². The topological polar surface area (TPSA) is 76.5 Å². The molecule has 2 aromatic rings. The van der Waals surface area contributed by atoms with Crippen molar-refractivity contribution in [3.05, 3.63) is 40.7 Å². The minimum absolute atomic E-state index is 0.238. The van der Waals surface area contributed by atoms with Gasteiger partial charge in [0.1, 0.15) is 11.4 Å². The van der Waals surface area contributed by atoms with Crippen LogP contribution in [0.15, 0.2) is 34.5 Å². The van der Waals surface area contributed by atoms with Gasteiger partial charge in [-0.3, -0.25) is 0 Å². The van der Waals surface area contributed by atoms with Crippen LogP contribution in [0.25, 0.3) is 0 Å². The van der Waals surface area contributed by atoms with Crippen molar-refractivity contribution in [1.82, 2.24) is 9.97 Å². The number of hydrogen-bond donors (Lipinski definition) is 1. The molecule has 0 saturated carbocycles. The molecule has 0 spiro atoms. The first-order valence-corrected chi connectivity index (χ1v) is 5.72. The van der Waals surface area contributed by atoms with E-state index in [1.54, 1.807) is 12.1 Å². The van der Waals surface area contributed by atoms with E-state index in [2.05, 4.69) is 20.2 Å². The maximum absolute atomic E-state index is 5.99. The van der Waals surface area contributed by atoms with Crippen LogP contribution in [0.4, 0.5) is 17.3 Å². The number of hydrogen-bond acceptors (Lipinski definition) is 5. The average molecular weight is 262 g/mol. The summed E-state index contributed by atoms with van der Waals surface area (Å²) in [5, 5.41) is 8.79. The Morgan fingerprint density at radius 1 is 1.06 bits per heavy atom. The molecule has 0 fully saturated rings. The first-order valence-electron chi connectivity index (χ1n) is 5.35. The van der Waals surface area contributed by atoms with Gasteiger partial charge in [-0.15, -0.1) is 10.2 Å². The summed E-state index contributed by atoms with van der Waals surface area (Å²) in [6.45, 7) is 3.62. The highest BCUT2D eigenvalue weighted by Crippen LogP contribution is 2.28. The molecule has 0 aliphatic carbocycles. The van der Waals surface area contributed by atoms with Gasteiger partial charge in [0, 0.05) is 0 Å². The van der Waals surface area contributed by atoms with E-state index in [1.165, 1.54) is 0 Å². The van der Waals surface area contributed by atoms with Crippen molar-refractivity contribution in [2.45, 2.75) is 13.8 Å². The third-order valence-corrected chi connectivity index (χ3v) is 2.68. The van der Waals surface area contributed by atoms with Crippen LogP contribution in [0.3, 0.4) is 0 Å². The van der Waals surface area contributed by atoms with Gasteiger partial charge in [0.05, 0.1) is 16.4 Å². The normalized spacial score (nSPS) is 11.1. The molecule has 1 aromatic carbocycles. The lowest BCUT2D eigenvalue weighted by atomic mass is 10.3. The van der Waals surface area contributed by atoms with E-state index < -0.39 is 0 Å². The summed E-state index contributed by atoms with van der Waals surface area (Å²) in [4.78, 5) is 8.10. The van der Waals surface area contributed by atoms with E-state index in [9.17, 15) is 0 Å². The van der Waals surface area contributed by atoms with Crippen LogP contribution >= 0.6 is 11.6 Å². The molecule has 0 atom stereocenters. The van der Waals surface area contributed by atoms with E-state index >= 15 is 0 Å². The van der Waals surface area contributed by atoms with E-state index in [0.717, 1.165) is 0 Å². The van der Waals surface area contributed by atoms with Gasteiger partial charge in [0.15, 0.2) is 0 Å². The Kier molecular flexibility index (Phi) is 3.53. The zero-order valence-corrected chi connectivity index (χ0v) is 10.8. The third-order valence-electron chi connectivity index (χ3n) is 2.36. The van der Waals surface area contributed by atoms with Crippen LogP contribution in [0.5, 0.6) is 0 Å². The number of benzene rings is 1. The fourth-order valence-electron chi connectivity index (χ4n) is 1.52. The van der Waals surface area contributed by atoms with Crippen molar-refractivity contribution in [2.75, 3.05) is 5.73 Å². The second kappa shape index (κ2) is 5.10. The van der Waals surface area contributed by atoms with Gasteiger partial charge < -0.3 is 5.73 Å². The van der Waals surface area contributed by atoms with Gasteiger partial charge >= 0.3 is 0 Å². The van der Waals surface area contributed by atoms with E-state index in [1.807, 2.05) is 26.0 Å². The molecule has 0 bridgehead atoms. The highest BCUT2D eigenvalue weighted by molar-refractivity contribution is 6.32. The van der Waals surface area contributed by atoms with E-state index in [-0.39, 0.29) is 5.95 Å². The molecule has 2 N–H and O–H groups in total. The molecular weight excluding hydrogens is 250 g/mol. The predicted octanol–water partition coefficient (Wildman–Crippen LogP) is 3.74. The van der Waals surface area contributed by atoms with Crippen molar-refractivity contribution in [1.29, 1.82) is 0 Å². The number of aryl methyl sites for hydroxylation is 2. The standard InChI is InChI=1S/C12H12ClN5/c1-7-11(8(2)16-12(14)15-7)18-17-10-6-4-3-5-9(10)13/h3-6H,1-2H3,(H2,14,15,16). The Bertz CT molecular complexity index is 586. The number of aromatic nitrogens is 2. The summed E-state index contributed by atoms with van der Waals surface area (Å²) in [7, 11) is 0. The van der Waals surface area contributed by atoms with Crippen molar-refractivity contribution < 1.29 is 0 Å². The molecule has 2 rings (SSSR count). The highest BCUT2D eigenvalue weighted by atomic mass is 35.5. The number of anilines is 1. The monoisotopic (exact) mass is 261 g/mol. The van der Waals surface area contributed by atoms with Crippen LogP contribution in [0, 0.1) is 13.8 Å². The largest absolute Gasteiger partial charge is 0.368 e. The molecule has 0 amide bonds.